The van der Waals surface area contributed by atoms with Gasteiger partial charge in [0.25, 0.3) is 0 Å². The summed E-state index contributed by atoms with van der Waals surface area (Å²) in [6, 6.07) is 0. The molecule has 0 bridgehead atoms. The highest BCUT2D eigenvalue weighted by Crippen LogP contribution is 2.37. The molecule has 2 heterocycles. The van der Waals surface area contributed by atoms with Gasteiger partial charge in [0.15, 0.2) is 0 Å². The lowest BCUT2D eigenvalue weighted by atomic mass is 9.77. The molecule has 4 nitrogen and oxygen atoms in total. The van der Waals surface area contributed by atoms with Crippen LogP contribution in [-0.4, -0.2) is 61.0 Å². The van der Waals surface area contributed by atoms with E-state index in [-0.39, 0.29) is 30.4 Å². The highest BCUT2D eigenvalue weighted by Gasteiger charge is 2.44. The number of hydrogen-bond acceptors (Lipinski definition) is 3. The fourth-order valence-electron chi connectivity index (χ4n) is 5.17. The van der Waals surface area contributed by atoms with Crippen molar-refractivity contribution in [3.63, 3.8) is 0 Å². The van der Waals surface area contributed by atoms with Crippen molar-refractivity contribution in [2.75, 3.05) is 39.8 Å². The Morgan fingerprint density at radius 2 is 1.76 bits per heavy atom. The molecule has 0 aromatic rings. The van der Waals surface area contributed by atoms with Gasteiger partial charge in [-0.05, 0) is 57.7 Å². The second kappa shape index (κ2) is 10.3. The summed E-state index contributed by atoms with van der Waals surface area (Å²) in [5.74, 6) is 1.70. The van der Waals surface area contributed by atoms with Gasteiger partial charge in [0.1, 0.15) is 0 Å². The molecular weight excluding hydrogens is 357 g/mol. The Kier molecular flexibility index (Phi) is 9.52. The van der Waals surface area contributed by atoms with Gasteiger partial charge in [-0.25, -0.2) is 0 Å². The topological polar surface area (TPSA) is 35.6 Å². The SMILES string of the molecule is CC(CC(=O)N1CCN(C)CC12CCCCC2)C1CCNCC1.Cl.Cl. The zero-order chi connectivity index (χ0) is 16.3. The van der Waals surface area contributed by atoms with Gasteiger partial charge >= 0.3 is 0 Å². The molecule has 1 unspecified atom stereocenters. The Morgan fingerprint density at radius 1 is 1.12 bits per heavy atom. The molecule has 148 valence electrons. The molecule has 3 fully saturated rings. The summed E-state index contributed by atoms with van der Waals surface area (Å²) in [6.45, 7) is 7.62. The van der Waals surface area contributed by atoms with Crippen molar-refractivity contribution in [1.29, 1.82) is 0 Å². The minimum absolute atomic E-state index is 0. The summed E-state index contributed by atoms with van der Waals surface area (Å²) in [7, 11) is 2.22. The first-order chi connectivity index (χ1) is 11.1. The summed E-state index contributed by atoms with van der Waals surface area (Å²) in [5, 5.41) is 3.44. The van der Waals surface area contributed by atoms with Crippen molar-refractivity contribution < 1.29 is 4.79 Å². The standard InChI is InChI=1S/C19H35N3O.2ClH/c1-16(17-6-10-20-11-7-17)14-18(23)22-13-12-21(2)15-19(22)8-4-3-5-9-19;;/h16-17,20H,3-15H2,1-2H3;2*1H. The molecular formula is C19H37Cl2N3O. The Bertz CT molecular complexity index is 409. The van der Waals surface area contributed by atoms with Gasteiger partial charge in [-0.2, -0.15) is 0 Å². The fourth-order valence-corrected chi connectivity index (χ4v) is 5.17. The van der Waals surface area contributed by atoms with Crippen molar-refractivity contribution in [2.45, 2.75) is 63.8 Å². The molecule has 1 amide bonds. The minimum atomic E-state index is 0. The molecule has 1 atom stereocenters. The van der Waals surface area contributed by atoms with Crippen molar-refractivity contribution in [3.05, 3.63) is 0 Å². The summed E-state index contributed by atoms with van der Waals surface area (Å²) in [4.78, 5) is 17.9. The average Bonchev–Trinajstić information content (AvgIpc) is 2.56. The normalized spacial score (nSPS) is 25.8. The minimum Gasteiger partial charge on any atom is -0.334 e. The third kappa shape index (κ3) is 5.47. The zero-order valence-corrected chi connectivity index (χ0v) is 17.6. The van der Waals surface area contributed by atoms with Gasteiger partial charge in [-0.3, -0.25) is 4.79 Å². The number of nitrogens with one attached hydrogen (secondary N) is 1. The van der Waals surface area contributed by atoms with E-state index < -0.39 is 0 Å². The second-order valence-corrected chi connectivity index (χ2v) is 8.34. The van der Waals surface area contributed by atoms with E-state index in [0.717, 1.165) is 45.1 Å². The van der Waals surface area contributed by atoms with E-state index in [1.54, 1.807) is 0 Å². The molecule has 1 saturated carbocycles. The van der Waals surface area contributed by atoms with E-state index in [1.165, 1.54) is 44.9 Å². The number of piperazine rings is 1. The smallest absolute Gasteiger partial charge is 0.223 e. The molecule has 6 heteroatoms. The number of hydrogen-bond donors (Lipinski definition) is 1. The highest BCUT2D eigenvalue weighted by atomic mass is 35.5. The first-order valence-corrected chi connectivity index (χ1v) is 9.80. The van der Waals surface area contributed by atoms with E-state index in [0.29, 0.717) is 11.8 Å². The Morgan fingerprint density at radius 3 is 2.40 bits per heavy atom. The van der Waals surface area contributed by atoms with Crippen LogP contribution in [-0.2, 0) is 4.79 Å². The molecule has 1 spiro atoms. The lowest BCUT2D eigenvalue weighted by molar-refractivity contribution is -0.145. The maximum absolute atomic E-state index is 13.1. The molecule has 0 aromatic heterocycles. The lowest BCUT2D eigenvalue weighted by Gasteiger charge is -2.52. The van der Waals surface area contributed by atoms with Crippen molar-refractivity contribution in [3.8, 4) is 0 Å². The number of amides is 1. The molecule has 3 rings (SSSR count). The number of piperidine rings is 1. The zero-order valence-electron chi connectivity index (χ0n) is 16.0. The van der Waals surface area contributed by atoms with Crippen LogP contribution in [0.25, 0.3) is 0 Å². The number of likely N-dealkylation sites (N-methyl/N-ethyl adjacent to an activating group) is 1. The summed E-state index contributed by atoms with van der Waals surface area (Å²) in [6.07, 6.45) is 9.60. The fraction of sp³-hybridized carbons (Fsp3) is 0.947. The maximum Gasteiger partial charge on any atom is 0.223 e. The number of halogens is 2. The van der Waals surface area contributed by atoms with Gasteiger partial charge in [0.2, 0.25) is 5.91 Å². The molecule has 0 aromatic carbocycles. The first kappa shape index (κ1) is 23.0. The molecule has 3 aliphatic rings. The largest absolute Gasteiger partial charge is 0.334 e. The molecule has 2 aliphatic heterocycles. The van der Waals surface area contributed by atoms with Gasteiger partial charge in [-0.1, -0.05) is 26.2 Å². The van der Waals surface area contributed by atoms with Crippen LogP contribution in [0.2, 0.25) is 0 Å². The van der Waals surface area contributed by atoms with Crippen molar-refractivity contribution in [2.24, 2.45) is 11.8 Å². The first-order valence-electron chi connectivity index (χ1n) is 9.80. The molecule has 25 heavy (non-hydrogen) atoms. The number of carbonyl (C=O) groups is 1. The quantitative estimate of drug-likeness (QED) is 0.798. The van der Waals surface area contributed by atoms with Crippen molar-refractivity contribution in [1.82, 2.24) is 15.1 Å². The third-order valence-electron chi connectivity index (χ3n) is 6.61. The average molecular weight is 394 g/mol. The van der Waals surface area contributed by atoms with Gasteiger partial charge in [0, 0.05) is 26.1 Å². The van der Waals surface area contributed by atoms with Crippen LogP contribution in [0.15, 0.2) is 0 Å². The van der Waals surface area contributed by atoms with Crippen LogP contribution >= 0.6 is 24.8 Å². The second-order valence-electron chi connectivity index (χ2n) is 8.34. The van der Waals surface area contributed by atoms with Gasteiger partial charge < -0.3 is 15.1 Å². The van der Waals surface area contributed by atoms with E-state index in [9.17, 15) is 4.79 Å². The molecule has 2 saturated heterocycles. The maximum atomic E-state index is 13.1. The van der Waals surface area contributed by atoms with Gasteiger partial charge in [-0.15, -0.1) is 24.8 Å². The van der Waals surface area contributed by atoms with Crippen molar-refractivity contribution >= 4 is 30.7 Å². The Balaban J connectivity index is 0.00000156. The molecule has 0 radical (unpaired) electrons. The Labute approximate surface area is 166 Å². The number of nitrogens with zero attached hydrogens (tertiary/aromatic N) is 2. The predicted molar refractivity (Wildman–Crippen MR) is 109 cm³/mol. The number of carbonyl (C=O) groups excluding carboxylic acids is 1. The summed E-state index contributed by atoms with van der Waals surface area (Å²) < 4.78 is 0. The highest BCUT2D eigenvalue weighted by molar-refractivity contribution is 5.85. The third-order valence-corrected chi connectivity index (χ3v) is 6.61. The van der Waals surface area contributed by atoms with Crippen LogP contribution in [0.3, 0.4) is 0 Å². The predicted octanol–water partition coefficient (Wildman–Crippen LogP) is 3.33. The van der Waals surface area contributed by atoms with Crippen LogP contribution in [0.5, 0.6) is 0 Å². The Hall–Kier alpha value is -0.0300. The van der Waals surface area contributed by atoms with E-state index in [1.807, 2.05) is 0 Å². The summed E-state index contributed by atoms with van der Waals surface area (Å²) in [5.41, 5.74) is 0.149. The lowest BCUT2D eigenvalue weighted by Crippen LogP contribution is -2.64. The summed E-state index contributed by atoms with van der Waals surface area (Å²) >= 11 is 0. The van der Waals surface area contributed by atoms with E-state index >= 15 is 0 Å². The molecule has 1 aliphatic carbocycles. The van der Waals surface area contributed by atoms with Crippen LogP contribution < -0.4 is 5.32 Å². The molecule has 1 N–H and O–H groups in total. The van der Waals surface area contributed by atoms with E-state index in [2.05, 4.69) is 29.1 Å². The monoisotopic (exact) mass is 393 g/mol. The van der Waals surface area contributed by atoms with Crippen LogP contribution in [0, 0.1) is 11.8 Å². The van der Waals surface area contributed by atoms with Gasteiger partial charge in [0.05, 0.1) is 5.54 Å². The van der Waals surface area contributed by atoms with Crippen LogP contribution in [0.1, 0.15) is 58.3 Å². The number of rotatable bonds is 3. The van der Waals surface area contributed by atoms with E-state index in [4.69, 9.17) is 0 Å². The van der Waals surface area contributed by atoms with Crippen LogP contribution in [0.4, 0.5) is 0 Å².